The van der Waals surface area contributed by atoms with Gasteiger partial charge in [-0.05, 0) is 13.0 Å². The Morgan fingerprint density at radius 1 is 1.32 bits per heavy atom. The molecule has 3 rings (SSSR count). The average molecular weight is 510 g/mol. The molecule has 9 nitrogen and oxygen atoms in total. The standard InChI is InChI=1S/C16H20F2N6O3.HI/c1-3-19-16(21-7-14-22-8-23-24(14)2)20-6-10-4-12-13(26-9-25-12)5-11(10)27-15(17)18;/h4-5,8,15H,3,6-7,9H2,1-2H3,(H2,19,20,21);1H. The number of ether oxygens (including phenoxy) is 3. The van der Waals surface area contributed by atoms with E-state index in [-0.39, 0.29) is 43.1 Å². The molecular formula is C16H21F2IN6O3. The number of halogens is 3. The Hall–Kier alpha value is -2.38. The maximum absolute atomic E-state index is 12.7. The number of benzene rings is 1. The molecule has 2 N–H and O–H groups in total. The van der Waals surface area contributed by atoms with Gasteiger partial charge in [0.1, 0.15) is 17.9 Å². The number of alkyl halides is 2. The van der Waals surface area contributed by atoms with E-state index in [1.807, 2.05) is 6.92 Å². The van der Waals surface area contributed by atoms with Gasteiger partial charge in [-0.15, -0.1) is 24.0 Å². The molecule has 1 aromatic heterocycles. The number of fused-ring (bicyclic) bond motifs is 1. The highest BCUT2D eigenvalue weighted by molar-refractivity contribution is 14.0. The number of aliphatic imine (C=N–C) groups is 1. The number of rotatable bonds is 7. The van der Waals surface area contributed by atoms with E-state index in [0.29, 0.717) is 36.1 Å². The van der Waals surface area contributed by atoms with Gasteiger partial charge in [0, 0.05) is 25.2 Å². The van der Waals surface area contributed by atoms with Crippen LogP contribution in [0.2, 0.25) is 0 Å². The lowest BCUT2D eigenvalue weighted by Crippen LogP contribution is -2.37. The second-order valence-electron chi connectivity index (χ2n) is 5.54. The fraction of sp³-hybridized carbons (Fsp3) is 0.438. The van der Waals surface area contributed by atoms with E-state index in [9.17, 15) is 8.78 Å². The van der Waals surface area contributed by atoms with Crippen molar-refractivity contribution >= 4 is 29.9 Å². The number of nitrogens with zero attached hydrogens (tertiary/aromatic N) is 4. The quantitative estimate of drug-likeness (QED) is 0.335. The summed E-state index contributed by atoms with van der Waals surface area (Å²) >= 11 is 0. The van der Waals surface area contributed by atoms with Gasteiger partial charge < -0.3 is 24.8 Å². The number of nitrogens with one attached hydrogen (secondary N) is 2. The lowest BCUT2D eigenvalue weighted by Gasteiger charge is -2.13. The Balaban J connectivity index is 0.00000280. The molecule has 1 aliphatic heterocycles. The van der Waals surface area contributed by atoms with Gasteiger partial charge in [-0.1, -0.05) is 0 Å². The van der Waals surface area contributed by atoms with Crippen molar-refractivity contribution in [2.75, 3.05) is 13.3 Å². The average Bonchev–Trinajstić information content (AvgIpc) is 3.25. The first-order valence-electron chi connectivity index (χ1n) is 8.29. The zero-order chi connectivity index (χ0) is 19.2. The molecule has 1 aromatic carbocycles. The summed E-state index contributed by atoms with van der Waals surface area (Å²) in [6.45, 7) is 0.155. The summed E-state index contributed by atoms with van der Waals surface area (Å²) in [5, 5.41) is 10.2. The van der Waals surface area contributed by atoms with E-state index in [4.69, 9.17) is 9.47 Å². The van der Waals surface area contributed by atoms with Crippen molar-refractivity contribution in [2.45, 2.75) is 26.6 Å². The molecule has 2 aromatic rings. The molecule has 1 aliphatic rings. The van der Waals surface area contributed by atoms with Crippen LogP contribution in [-0.2, 0) is 20.1 Å². The van der Waals surface area contributed by atoms with Gasteiger partial charge in [0.2, 0.25) is 6.79 Å². The maximum atomic E-state index is 12.7. The minimum absolute atomic E-state index is 0. The highest BCUT2D eigenvalue weighted by Crippen LogP contribution is 2.38. The highest BCUT2D eigenvalue weighted by atomic mass is 127. The first kappa shape index (κ1) is 21.9. The maximum Gasteiger partial charge on any atom is 0.387 e. The fourth-order valence-corrected chi connectivity index (χ4v) is 2.44. The van der Waals surface area contributed by atoms with E-state index < -0.39 is 6.61 Å². The Labute approximate surface area is 177 Å². The highest BCUT2D eigenvalue weighted by Gasteiger charge is 2.20. The second kappa shape index (κ2) is 10.2. The summed E-state index contributed by atoms with van der Waals surface area (Å²) in [7, 11) is 1.79. The Bertz CT molecular complexity index is 818. The van der Waals surface area contributed by atoms with E-state index >= 15 is 0 Å². The zero-order valence-electron chi connectivity index (χ0n) is 15.3. The molecule has 154 valence electrons. The predicted octanol–water partition coefficient (Wildman–Crippen LogP) is 2.02. The van der Waals surface area contributed by atoms with Crippen molar-refractivity contribution in [3.63, 3.8) is 0 Å². The van der Waals surface area contributed by atoms with Crippen molar-refractivity contribution in [1.29, 1.82) is 0 Å². The van der Waals surface area contributed by atoms with Crippen molar-refractivity contribution in [2.24, 2.45) is 12.0 Å². The summed E-state index contributed by atoms with van der Waals surface area (Å²) in [4.78, 5) is 8.55. The van der Waals surface area contributed by atoms with Crippen LogP contribution in [0, 0.1) is 0 Å². The van der Waals surface area contributed by atoms with Crippen LogP contribution in [0.4, 0.5) is 8.78 Å². The predicted molar refractivity (Wildman–Crippen MR) is 107 cm³/mol. The summed E-state index contributed by atoms with van der Waals surface area (Å²) in [6, 6.07) is 2.98. The second-order valence-corrected chi connectivity index (χ2v) is 5.54. The van der Waals surface area contributed by atoms with Crippen LogP contribution in [0.5, 0.6) is 17.2 Å². The molecule has 0 fully saturated rings. The van der Waals surface area contributed by atoms with Gasteiger partial charge in [0.25, 0.3) is 0 Å². The van der Waals surface area contributed by atoms with Crippen molar-refractivity contribution in [3.8, 4) is 17.2 Å². The first-order valence-corrected chi connectivity index (χ1v) is 8.29. The van der Waals surface area contributed by atoms with Gasteiger partial charge in [-0.2, -0.15) is 13.9 Å². The monoisotopic (exact) mass is 510 g/mol. The van der Waals surface area contributed by atoms with Crippen LogP contribution in [0.25, 0.3) is 0 Å². The SMILES string of the molecule is CCNC(=NCc1cc2c(cc1OC(F)F)OCO2)NCc1ncnn1C.I. The third-order valence-corrected chi connectivity index (χ3v) is 3.74. The molecular weight excluding hydrogens is 489 g/mol. The van der Waals surface area contributed by atoms with Crippen molar-refractivity contribution < 1.29 is 23.0 Å². The first-order chi connectivity index (χ1) is 13.1. The number of aryl methyl sites for hydroxylation is 1. The smallest absolute Gasteiger partial charge is 0.387 e. The van der Waals surface area contributed by atoms with Gasteiger partial charge >= 0.3 is 6.61 Å². The van der Waals surface area contributed by atoms with Crippen LogP contribution >= 0.6 is 24.0 Å². The third kappa shape index (κ3) is 5.56. The molecule has 0 spiro atoms. The Morgan fingerprint density at radius 2 is 2.07 bits per heavy atom. The molecule has 0 amide bonds. The summed E-state index contributed by atoms with van der Waals surface area (Å²) in [5.41, 5.74) is 0.454. The zero-order valence-corrected chi connectivity index (χ0v) is 17.6. The van der Waals surface area contributed by atoms with Crippen LogP contribution in [0.3, 0.4) is 0 Å². The lowest BCUT2D eigenvalue weighted by molar-refractivity contribution is -0.0505. The minimum atomic E-state index is -2.95. The van der Waals surface area contributed by atoms with E-state index in [1.54, 1.807) is 17.8 Å². The van der Waals surface area contributed by atoms with E-state index in [2.05, 4.69) is 30.4 Å². The molecule has 0 aliphatic carbocycles. The third-order valence-electron chi connectivity index (χ3n) is 3.74. The minimum Gasteiger partial charge on any atom is -0.454 e. The number of aromatic nitrogens is 3. The number of guanidine groups is 1. The van der Waals surface area contributed by atoms with Gasteiger partial charge in [0.05, 0.1) is 13.1 Å². The molecule has 2 heterocycles. The van der Waals surface area contributed by atoms with E-state index in [1.165, 1.54) is 12.4 Å². The molecule has 0 radical (unpaired) electrons. The van der Waals surface area contributed by atoms with Crippen molar-refractivity contribution in [3.05, 3.63) is 29.8 Å². The normalized spacial score (nSPS) is 12.7. The summed E-state index contributed by atoms with van der Waals surface area (Å²) in [6.07, 6.45) is 1.46. The van der Waals surface area contributed by atoms with Gasteiger partial charge in [-0.3, -0.25) is 4.68 Å². The molecule has 12 heteroatoms. The van der Waals surface area contributed by atoms with Crippen LogP contribution < -0.4 is 24.8 Å². The van der Waals surface area contributed by atoms with Gasteiger partial charge in [0.15, 0.2) is 17.5 Å². The molecule has 28 heavy (non-hydrogen) atoms. The van der Waals surface area contributed by atoms with E-state index in [0.717, 1.165) is 5.82 Å². The Kier molecular flexibility index (Phi) is 8.02. The lowest BCUT2D eigenvalue weighted by atomic mass is 10.1. The van der Waals surface area contributed by atoms with Crippen LogP contribution in [0.1, 0.15) is 18.3 Å². The molecule has 0 saturated heterocycles. The molecule has 0 unspecified atom stereocenters. The van der Waals surface area contributed by atoms with Crippen LogP contribution in [0.15, 0.2) is 23.5 Å². The largest absolute Gasteiger partial charge is 0.454 e. The fourth-order valence-electron chi connectivity index (χ4n) is 2.44. The molecule has 0 saturated carbocycles. The van der Waals surface area contributed by atoms with Gasteiger partial charge in [-0.25, -0.2) is 9.98 Å². The topological polar surface area (TPSA) is 94.8 Å². The molecule has 0 bridgehead atoms. The van der Waals surface area contributed by atoms with Crippen molar-refractivity contribution in [1.82, 2.24) is 25.4 Å². The summed E-state index contributed by atoms with van der Waals surface area (Å²) in [5.74, 6) is 2.07. The van der Waals surface area contributed by atoms with Crippen LogP contribution in [-0.4, -0.2) is 40.7 Å². The summed E-state index contributed by atoms with van der Waals surface area (Å²) < 4.78 is 42.2. The number of hydrogen-bond acceptors (Lipinski definition) is 6. The Morgan fingerprint density at radius 3 is 2.71 bits per heavy atom. The molecule has 0 atom stereocenters. The number of hydrogen-bond donors (Lipinski definition) is 2.